The molecule has 5 heteroatoms. The Morgan fingerprint density at radius 2 is 1.91 bits per heavy atom. The molecule has 0 saturated carbocycles. The van der Waals surface area contributed by atoms with Crippen molar-refractivity contribution in [3.05, 3.63) is 53.5 Å². The lowest BCUT2D eigenvalue weighted by atomic mass is 10.1. The van der Waals surface area contributed by atoms with Gasteiger partial charge in [-0.05, 0) is 49.4 Å². The van der Waals surface area contributed by atoms with Gasteiger partial charge in [-0.15, -0.1) is 0 Å². The highest BCUT2D eigenvalue weighted by atomic mass is 19.1. The van der Waals surface area contributed by atoms with E-state index in [0.717, 1.165) is 48.8 Å². The Hall–Kier alpha value is -2.14. The molecule has 1 aliphatic rings. The van der Waals surface area contributed by atoms with E-state index < -0.39 is 0 Å². The average molecular weight is 314 g/mol. The predicted molar refractivity (Wildman–Crippen MR) is 92.4 cm³/mol. The van der Waals surface area contributed by atoms with E-state index in [1.165, 1.54) is 6.07 Å². The Labute approximate surface area is 136 Å². The number of halogens is 1. The van der Waals surface area contributed by atoms with Gasteiger partial charge < -0.3 is 15.1 Å². The molecule has 1 N–H and O–H groups in total. The Morgan fingerprint density at radius 3 is 2.57 bits per heavy atom. The molecule has 0 aliphatic carbocycles. The number of pyridine rings is 1. The van der Waals surface area contributed by atoms with E-state index in [1.807, 2.05) is 19.2 Å². The molecule has 1 aromatic carbocycles. The largest absolute Gasteiger partial charge is 0.380 e. The first-order chi connectivity index (χ1) is 11.1. The smallest absolute Gasteiger partial charge is 0.128 e. The van der Waals surface area contributed by atoms with Crippen molar-refractivity contribution in [3.63, 3.8) is 0 Å². The summed E-state index contributed by atoms with van der Waals surface area (Å²) in [7, 11) is 2.15. The van der Waals surface area contributed by atoms with Crippen LogP contribution in [0.4, 0.5) is 15.9 Å². The van der Waals surface area contributed by atoms with Crippen LogP contribution in [-0.4, -0.2) is 43.1 Å². The lowest BCUT2D eigenvalue weighted by Gasteiger charge is -2.33. The van der Waals surface area contributed by atoms with Crippen LogP contribution in [0.15, 0.2) is 36.5 Å². The monoisotopic (exact) mass is 314 g/mol. The van der Waals surface area contributed by atoms with Crippen LogP contribution in [0.2, 0.25) is 0 Å². The molecule has 1 aromatic heterocycles. The highest BCUT2D eigenvalue weighted by molar-refractivity contribution is 5.49. The van der Waals surface area contributed by atoms with Crippen molar-refractivity contribution >= 4 is 11.5 Å². The third-order valence-corrected chi connectivity index (χ3v) is 4.36. The van der Waals surface area contributed by atoms with Crippen LogP contribution in [0.25, 0.3) is 0 Å². The Bertz CT molecular complexity index is 649. The molecular formula is C18H23FN4. The lowest BCUT2D eigenvalue weighted by Crippen LogP contribution is -2.44. The van der Waals surface area contributed by atoms with Crippen LogP contribution in [-0.2, 0) is 6.54 Å². The molecule has 1 saturated heterocycles. The summed E-state index contributed by atoms with van der Waals surface area (Å²) in [5, 5.41) is 3.35. The van der Waals surface area contributed by atoms with Gasteiger partial charge in [-0.1, -0.05) is 6.07 Å². The third kappa shape index (κ3) is 3.99. The van der Waals surface area contributed by atoms with E-state index in [2.05, 4.69) is 39.3 Å². The number of rotatable bonds is 4. The molecule has 4 nitrogen and oxygen atoms in total. The van der Waals surface area contributed by atoms with Gasteiger partial charge >= 0.3 is 0 Å². The second kappa shape index (κ2) is 6.96. The van der Waals surface area contributed by atoms with Crippen molar-refractivity contribution < 1.29 is 4.39 Å². The van der Waals surface area contributed by atoms with Gasteiger partial charge in [0.15, 0.2) is 0 Å². The SMILES string of the molecule is Cc1cc(F)ccc1CNc1ccc(N2CCN(C)CC2)nc1. The molecule has 0 unspecified atom stereocenters. The summed E-state index contributed by atoms with van der Waals surface area (Å²) in [4.78, 5) is 9.21. The lowest BCUT2D eigenvalue weighted by molar-refractivity contribution is 0.312. The molecule has 0 atom stereocenters. The summed E-state index contributed by atoms with van der Waals surface area (Å²) in [6, 6.07) is 9.00. The minimum Gasteiger partial charge on any atom is -0.380 e. The predicted octanol–water partition coefficient (Wildman–Crippen LogP) is 2.89. The zero-order chi connectivity index (χ0) is 16.2. The molecule has 0 bridgehead atoms. The van der Waals surface area contributed by atoms with Crippen LogP contribution >= 0.6 is 0 Å². The van der Waals surface area contributed by atoms with E-state index in [0.29, 0.717) is 6.54 Å². The average Bonchev–Trinajstić information content (AvgIpc) is 2.55. The Balaban J connectivity index is 1.59. The fourth-order valence-corrected chi connectivity index (χ4v) is 2.77. The number of nitrogens with one attached hydrogen (secondary N) is 1. The quantitative estimate of drug-likeness (QED) is 0.940. The molecule has 122 valence electrons. The molecule has 2 aromatic rings. The van der Waals surface area contributed by atoms with E-state index in [1.54, 1.807) is 6.07 Å². The maximum absolute atomic E-state index is 13.1. The first-order valence-electron chi connectivity index (χ1n) is 8.00. The van der Waals surface area contributed by atoms with E-state index in [-0.39, 0.29) is 5.82 Å². The van der Waals surface area contributed by atoms with Crippen molar-refractivity contribution in [3.8, 4) is 0 Å². The number of likely N-dealkylation sites (N-methyl/N-ethyl adjacent to an activating group) is 1. The number of aromatic nitrogens is 1. The summed E-state index contributed by atoms with van der Waals surface area (Å²) in [6.07, 6.45) is 1.87. The maximum atomic E-state index is 13.1. The van der Waals surface area contributed by atoms with Gasteiger partial charge in [-0.25, -0.2) is 9.37 Å². The summed E-state index contributed by atoms with van der Waals surface area (Å²) >= 11 is 0. The number of nitrogens with zero attached hydrogens (tertiary/aromatic N) is 3. The zero-order valence-corrected chi connectivity index (χ0v) is 13.7. The summed E-state index contributed by atoms with van der Waals surface area (Å²) in [5.41, 5.74) is 3.03. The first kappa shape index (κ1) is 15.7. The van der Waals surface area contributed by atoms with Crippen LogP contribution in [0.3, 0.4) is 0 Å². The summed E-state index contributed by atoms with van der Waals surface area (Å²) in [5.74, 6) is 0.839. The van der Waals surface area contributed by atoms with Crippen LogP contribution in [0.1, 0.15) is 11.1 Å². The topological polar surface area (TPSA) is 31.4 Å². The molecule has 1 aliphatic heterocycles. The molecular weight excluding hydrogens is 291 g/mol. The van der Waals surface area contributed by atoms with Gasteiger partial charge in [0.05, 0.1) is 11.9 Å². The molecule has 23 heavy (non-hydrogen) atoms. The van der Waals surface area contributed by atoms with Gasteiger partial charge in [0, 0.05) is 32.7 Å². The van der Waals surface area contributed by atoms with Crippen molar-refractivity contribution in [2.24, 2.45) is 0 Å². The fourth-order valence-electron chi connectivity index (χ4n) is 2.77. The summed E-state index contributed by atoms with van der Waals surface area (Å²) in [6.45, 7) is 6.78. The fraction of sp³-hybridized carbons (Fsp3) is 0.389. The molecule has 2 heterocycles. The molecule has 0 amide bonds. The van der Waals surface area contributed by atoms with Gasteiger partial charge in [-0.2, -0.15) is 0 Å². The molecule has 0 radical (unpaired) electrons. The van der Waals surface area contributed by atoms with E-state index in [9.17, 15) is 4.39 Å². The Kier molecular flexibility index (Phi) is 4.76. The number of hydrogen-bond acceptors (Lipinski definition) is 4. The van der Waals surface area contributed by atoms with Crippen LogP contribution in [0.5, 0.6) is 0 Å². The third-order valence-electron chi connectivity index (χ3n) is 4.36. The van der Waals surface area contributed by atoms with Crippen LogP contribution in [0, 0.1) is 12.7 Å². The zero-order valence-electron chi connectivity index (χ0n) is 13.7. The minimum atomic E-state index is -0.190. The number of piperazine rings is 1. The van der Waals surface area contributed by atoms with Crippen molar-refractivity contribution in [2.75, 3.05) is 43.4 Å². The first-order valence-corrected chi connectivity index (χ1v) is 8.00. The summed E-state index contributed by atoms with van der Waals surface area (Å²) < 4.78 is 13.1. The standard InChI is InChI=1S/C18H23FN4/c1-14-11-16(19)4-3-15(14)12-20-17-5-6-18(21-13-17)23-9-7-22(2)8-10-23/h3-6,11,13,20H,7-10,12H2,1-2H3. The van der Waals surface area contributed by atoms with Gasteiger partial charge in [0.1, 0.15) is 11.6 Å². The maximum Gasteiger partial charge on any atom is 0.128 e. The van der Waals surface area contributed by atoms with Crippen molar-refractivity contribution in [2.45, 2.75) is 13.5 Å². The van der Waals surface area contributed by atoms with Gasteiger partial charge in [0.25, 0.3) is 0 Å². The van der Waals surface area contributed by atoms with Gasteiger partial charge in [0.2, 0.25) is 0 Å². The molecule has 3 rings (SSSR count). The Morgan fingerprint density at radius 1 is 1.13 bits per heavy atom. The minimum absolute atomic E-state index is 0.190. The van der Waals surface area contributed by atoms with Crippen molar-refractivity contribution in [1.82, 2.24) is 9.88 Å². The van der Waals surface area contributed by atoms with E-state index in [4.69, 9.17) is 0 Å². The van der Waals surface area contributed by atoms with Crippen LogP contribution < -0.4 is 10.2 Å². The molecule has 1 fully saturated rings. The number of hydrogen-bond donors (Lipinski definition) is 1. The number of anilines is 2. The second-order valence-corrected chi connectivity index (χ2v) is 6.12. The number of aryl methyl sites for hydroxylation is 1. The highest BCUT2D eigenvalue weighted by Gasteiger charge is 2.14. The highest BCUT2D eigenvalue weighted by Crippen LogP contribution is 2.17. The van der Waals surface area contributed by atoms with Gasteiger partial charge in [-0.3, -0.25) is 0 Å². The molecule has 0 spiro atoms. The number of benzene rings is 1. The normalized spacial score (nSPS) is 15.7. The van der Waals surface area contributed by atoms with Crippen molar-refractivity contribution in [1.29, 1.82) is 0 Å². The van der Waals surface area contributed by atoms with E-state index >= 15 is 0 Å². The second-order valence-electron chi connectivity index (χ2n) is 6.12.